The van der Waals surface area contributed by atoms with E-state index in [2.05, 4.69) is 48.3 Å². The molecule has 0 saturated heterocycles. The van der Waals surface area contributed by atoms with E-state index in [-0.39, 0.29) is 0 Å². The van der Waals surface area contributed by atoms with Gasteiger partial charge in [-0.25, -0.2) is 0 Å². The highest BCUT2D eigenvalue weighted by atomic mass is 32.2. The monoisotopic (exact) mass is 279 g/mol. The number of hydrogen-bond donors (Lipinski definition) is 1. The first kappa shape index (κ1) is 14.9. The van der Waals surface area contributed by atoms with Gasteiger partial charge in [0.25, 0.3) is 0 Å². The summed E-state index contributed by atoms with van der Waals surface area (Å²) in [7, 11) is 1.78. The lowest BCUT2D eigenvalue weighted by Crippen LogP contribution is -2.30. The van der Waals surface area contributed by atoms with Gasteiger partial charge < -0.3 is 10.1 Å². The highest BCUT2D eigenvalue weighted by Gasteiger charge is 2.26. The molecule has 19 heavy (non-hydrogen) atoms. The summed E-state index contributed by atoms with van der Waals surface area (Å²) in [5.41, 5.74) is 3.04. The molecule has 0 amide bonds. The van der Waals surface area contributed by atoms with E-state index in [1.54, 1.807) is 7.11 Å². The molecule has 0 aliphatic heterocycles. The first-order chi connectivity index (χ1) is 9.36. The van der Waals surface area contributed by atoms with Crippen LogP contribution in [-0.2, 0) is 11.2 Å². The number of thioether (sulfide) groups is 1. The SMILES string of the molecule is CCNC1c2ccccc2CCCC1SCCOC. The van der Waals surface area contributed by atoms with E-state index in [1.807, 2.05) is 0 Å². The molecule has 0 saturated carbocycles. The van der Waals surface area contributed by atoms with Crippen molar-refractivity contribution in [3.63, 3.8) is 0 Å². The van der Waals surface area contributed by atoms with Crippen molar-refractivity contribution in [3.8, 4) is 0 Å². The Bertz CT molecular complexity index is 383. The van der Waals surface area contributed by atoms with Gasteiger partial charge in [-0.2, -0.15) is 11.8 Å². The van der Waals surface area contributed by atoms with Crippen molar-refractivity contribution >= 4 is 11.8 Å². The van der Waals surface area contributed by atoms with Crippen molar-refractivity contribution in [2.45, 2.75) is 37.5 Å². The predicted molar refractivity (Wildman–Crippen MR) is 83.9 cm³/mol. The average molecular weight is 279 g/mol. The van der Waals surface area contributed by atoms with Crippen LogP contribution in [0.5, 0.6) is 0 Å². The predicted octanol–water partition coefficient (Wildman–Crippen LogP) is 3.42. The summed E-state index contributed by atoms with van der Waals surface area (Å²) >= 11 is 2.06. The molecule has 1 N–H and O–H groups in total. The molecule has 2 atom stereocenters. The van der Waals surface area contributed by atoms with E-state index in [9.17, 15) is 0 Å². The summed E-state index contributed by atoms with van der Waals surface area (Å²) < 4.78 is 5.19. The molecule has 3 heteroatoms. The van der Waals surface area contributed by atoms with E-state index in [0.29, 0.717) is 11.3 Å². The Morgan fingerprint density at radius 2 is 2.21 bits per heavy atom. The van der Waals surface area contributed by atoms with Gasteiger partial charge >= 0.3 is 0 Å². The van der Waals surface area contributed by atoms with Crippen molar-refractivity contribution in [1.82, 2.24) is 5.32 Å². The number of nitrogens with one attached hydrogen (secondary N) is 1. The van der Waals surface area contributed by atoms with Gasteiger partial charge in [-0.15, -0.1) is 0 Å². The van der Waals surface area contributed by atoms with Crippen LogP contribution in [0.3, 0.4) is 0 Å². The Morgan fingerprint density at radius 3 is 3.00 bits per heavy atom. The third kappa shape index (κ3) is 3.98. The first-order valence-corrected chi connectivity index (χ1v) is 8.33. The molecule has 0 bridgehead atoms. The number of methoxy groups -OCH3 is 1. The molecule has 1 aliphatic rings. The van der Waals surface area contributed by atoms with Crippen LogP contribution < -0.4 is 5.32 Å². The molecule has 1 aromatic carbocycles. The zero-order valence-electron chi connectivity index (χ0n) is 12.0. The molecule has 0 fully saturated rings. The van der Waals surface area contributed by atoms with E-state index in [0.717, 1.165) is 18.9 Å². The van der Waals surface area contributed by atoms with Crippen LogP contribution >= 0.6 is 11.8 Å². The van der Waals surface area contributed by atoms with Crippen molar-refractivity contribution < 1.29 is 4.74 Å². The molecule has 2 nitrogen and oxygen atoms in total. The third-order valence-electron chi connectivity index (χ3n) is 3.74. The van der Waals surface area contributed by atoms with Gasteiger partial charge in [0.15, 0.2) is 0 Å². The molecule has 1 aliphatic carbocycles. The lowest BCUT2D eigenvalue weighted by Gasteiger charge is -2.27. The molecular formula is C16H25NOS. The summed E-state index contributed by atoms with van der Waals surface area (Å²) in [6, 6.07) is 9.43. The third-order valence-corrected chi connectivity index (χ3v) is 5.08. The molecule has 0 aromatic heterocycles. The second kappa shape index (κ2) is 7.93. The van der Waals surface area contributed by atoms with Crippen LogP contribution in [0.1, 0.15) is 36.9 Å². The van der Waals surface area contributed by atoms with Crippen LogP contribution in [-0.4, -0.2) is 31.3 Å². The number of aryl methyl sites for hydroxylation is 1. The van der Waals surface area contributed by atoms with Gasteiger partial charge in [0, 0.05) is 24.2 Å². The average Bonchev–Trinajstić information content (AvgIpc) is 2.60. The maximum Gasteiger partial charge on any atom is 0.0553 e. The summed E-state index contributed by atoms with van der Waals surface area (Å²) in [6.45, 7) is 4.08. The van der Waals surface area contributed by atoms with Crippen LogP contribution in [0, 0.1) is 0 Å². The zero-order chi connectivity index (χ0) is 13.5. The fourth-order valence-electron chi connectivity index (χ4n) is 2.85. The second-order valence-corrected chi connectivity index (χ2v) is 6.38. The highest BCUT2D eigenvalue weighted by molar-refractivity contribution is 7.99. The number of ether oxygens (including phenoxy) is 1. The summed E-state index contributed by atoms with van der Waals surface area (Å²) in [4.78, 5) is 0. The first-order valence-electron chi connectivity index (χ1n) is 7.28. The molecule has 0 spiro atoms. The van der Waals surface area contributed by atoms with Gasteiger partial charge in [-0.1, -0.05) is 31.2 Å². The van der Waals surface area contributed by atoms with E-state index >= 15 is 0 Å². The van der Waals surface area contributed by atoms with Crippen LogP contribution in [0.2, 0.25) is 0 Å². The van der Waals surface area contributed by atoms with E-state index < -0.39 is 0 Å². The van der Waals surface area contributed by atoms with Crippen LogP contribution in [0.4, 0.5) is 0 Å². The van der Waals surface area contributed by atoms with E-state index in [1.165, 1.54) is 30.4 Å². The fraction of sp³-hybridized carbons (Fsp3) is 0.625. The summed E-state index contributed by atoms with van der Waals surface area (Å²) in [5.74, 6) is 1.09. The minimum Gasteiger partial charge on any atom is -0.384 e. The Morgan fingerprint density at radius 1 is 1.37 bits per heavy atom. The van der Waals surface area contributed by atoms with Crippen molar-refractivity contribution in [2.24, 2.45) is 0 Å². The van der Waals surface area contributed by atoms with Crippen LogP contribution in [0.15, 0.2) is 24.3 Å². The number of fused-ring (bicyclic) bond motifs is 1. The largest absolute Gasteiger partial charge is 0.384 e. The molecular weight excluding hydrogens is 254 g/mol. The molecule has 1 aromatic rings. The van der Waals surface area contributed by atoms with Crippen molar-refractivity contribution in [2.75, 3.05) is 26.0 Å². The standard InChI is InChI=1S/C16H25NOS/c1-3-17-16-14-9-5-4-7-13(14)8-6-10-15(16)19-12-11-18-2/h4-5,7,9,15-17H,3,6,8,10-12H2,1-2H3. The zero-order valence-corrected chi connectivity index (χ0v) is 12.8. The van der Waals surface area contributed by atoms with Crippen LogP contribution in [0.25, 0.3) is 0 Å². The Labute approximate surface area is 121 Å². The van der Waals surface area contributed by atoms with Gasteiger partial charge in [-0.05, 0) is 36.9 Å². The van der Waals surface area contributed by atoms with Gasteiger partial charge in [0.1, 0.15) is 0 Å². The van der Waals surface area contributed by atoms with Gasteiger partial charge in [-0.3, -0.25) is 0 Å². The maximum atomic E-state index is 5.19. The summed E-state index contributed by atoms with van der Waals surface area (Å²) in [6.07, 6.45) is 3.81. The number of rotatable bonds is 6. The fourth-order valence-corrected chi connectivity index (χ4v) is 4.18. The second-order valence-electron chi connectivity index (χ2n) is 5.03. The number of benzene rings is 1. The van der Waals surface area contributed by atoms with Gasteiger partial charge in [0.2, 0.25) is 0 Å². The number of hydrogen-bond acceptors (Lipinski definition) is 3. The minimum atomic E-state index is 0.491. The molecule has 106 valence electrons. The normalized spacial score (nSPS) is 22.8. The molecule has 2 unspecified atom stereocenters. The smallest absolute Gasteiger partial charge is 0.0553 e. The van der Waals surface area contributed by atoms with Gasteiger partial charge in [0.05, 0.1) is 6.61 Å². The van der Waals surface area contributed by atoms with E-state index in [4.69, 9.17) is 4.74 Å². The molecule has 2 rings (SSSR count). The molecule has 0 radical (unpaired) electrons. The topological polar surface area (TPSA) is 21.3 Å². The maximum absolute atomic E-state index is 5.19. The Balaban J connectivity index is 2.14. The van der Waals surface area contributed by atoms with Crippen molar-refractivity contribution in [1.29, 1.82) is 0 Å². The highest BCUT2D eigenvalue weighted by Crippen LogP contribution is 2.35. The Kier molecular flexibility index (Phi) is 6.21. The lowest BCUT2D eigenvalue weighted by molar-refractivity contribution is 0.218. The van der Waals surface area contributed by atoms with Crippen molar-refractivity contribution in [3.05, 3.63) is 35.4 Å². The molecule has 0 heterocycles. The quantitative estimate of drug-likeness (QED) is 0.637. The summed E-state index contributed by atoms with van der Waals surface area (Å²) in [5, 5.41) is 4.36. The Hall–Kier alpha value is -0.510. The lowest BCUT2D eigenvalue weighted by atomic mass is 9.99. The minimum absolute atomic E-state index is 0.491.